The Kier molecular flexibility index (Phi) is 3.07. The van der Waals surface area contributed by atoms with Crippen molar-refractivity contribution in [1.82, 2.24) is 4.72 Å². The Morgan fingerprint density at radius 2 is 2.23 bits per heavy atom. The van der Waals surface area contributed by atoms with E-state index < -0.39 is 10.0 Å². The van der Waals surface area contributed by atoms with Crippen molar-refractivity contribution >= 4 is 21.4 Å². The molecule has 4 nitrogen and oxygen atoms in total. The normalized spacial score (nSPS) is 11.9. The van der Waals surface area contributed by atoms with E-state index in [2.05, 4.69) is 4.72 Å². The molecule has 1 rings (SSSR count). The van der Waals surface area contributed by atoms with Crippen LogP contribution in [0, 0.1) is 6.92 Å². The van der Waals surface area contributed by atoms with Gasteiger partial charge in [0.25, 0.3) is 0 Å². The van der Waals surface area contributed by atoms with Crippen LogP contribution in [-0.4, -0.2) is 20.6 Å². The minimum atomic E-state index is -3.35. The smallest absolute Gasteiger partial charge is 0.249 e. The molecule has 0 unspecified atom stereocenters. The molecule has 2 N–H and O–H groups in total. The van der Waals surface area contributed by atoms with Crippen molar-refractivity contribution in [2.75, 3.05) is 7.05 Å². The van der Waals surface area contributed by atoms with Gasteiger partial charge >= 0.3 is 0 Å². The number of aryl methyl sites for hydroxylation is 1. The van der Waals surface area contributed by atoms with Gasteiger partial charge in [-0.25, -0.2) is 13.1 Å². The third kappa shape index (κ3) is 2.08. The van der Waals surface area contributed by atoms with Gasteiger partial charge in [-0.05, 0) is 25.6 Å². The van der Waals surface area contributed by atoms with Gasteiger partial charge in [0.15, 0.2) is 0 Å². The first-order valence-corrected chi connectivity index (χ1v) is 5.95. The van der Waals surface area contributed by atoms with Crippen LogP contribution in [0.1, 0.15) is 10.4 Å². The van der Waals surface area contributed by atoms with Crippen molar-refractivity contribution in [2.24, 2.45) is 0 Å². The lowest BCUT2D eigenvalue weighted by Gasteiger charge is -1.95. The van der Waals surface area contributed by atoms with Crippen LogP contribution in [0.5, 0.6) is 0 Å². The summed E-state index contributed by atoms with van der Waals surface area (Å²) in [6, 6.07) is 1.56. The van der Waals surface area contributed by atoms with E-state index in [0.717, 1.165) is 16.9 Å². The van der Waals surface area contributed by atoms with Gasteiger partial charge in [-0.2, -0.15) is 0 Å². The van der Waals surface area contributed by atoms with Crippen molar-refractivity contribution < 1.29 is 13.5 Å². The molecule has 0 aliphatic rings. The minimum absolute atomic E-state index is 0.115. The van der Waals surface area contributed by atoms with Crippen molar-refractivity contribution in [1.29, 1.82) is 0 Å². The van der Waals surface area contributed by atoms with Crippen LogP contribution >= 0.6 is 11.3 Å². The molecule has 74 valence electrons. The van der Waals surface area contributed by atoms with Gasteiger partial charge in [0.1, 0.15) is 4.21 Å². The maximum atomic E-state index is 11.3. The highest BCUT2D eigenvalue weighted by molar-refractivity contribution is 7.91. The lowest BCUT2D eigenvalue weighted by Crippen LogP contribution is -2.17. The molecule has 0 aromatic carbocycles. The molecule has 0 fully saturated rings. The second kappa shape index (κ2) is 3.75. The second-order valence-corrected chi connectivity index (χ2v) is 5.79. The summed E-state index contributed by atoms with van der Waals surface area (Å²) in [7, 11) is -1.99. The summed E-state index contributed by atoms with van der Waals surface area (Å²) >= 11 is 1.09. The summed E-state index contributed by atoms with van der Waals surface area (Å²) in [5, 5.41) is 8.87. The number of thiophene rings is 1. The third-order valence-corrected chi connectivity index (χ3v) is 4.78. The zero-order valence-electron chi connectivity index (χ0n) is 7.36. The molecule has 0 spiro atoms. The fraction of sp³-hybridized carbons (Fsp3) is 0.429. The highest BCUT2D eigenvalue weighted by atomic mass is 32.2. The fourth-order valence-electron chi connectivity index (χ4n) is 0.879. The van der Waals surface area contributed by atoms with Gasteiger partial charge in [0.05, 0.1) is 6.61 Å². The molecular formula is C7H11NO3S2. The Labute approximate surface area is 81.3 Å². The van der Waals surface area contributed by atoms with Gasteiger partial charge in [0, 0.05) is 4.88 Å². The number of aliphatic hydroxyl groups excluding tert-OH is 1. The molecule has 0 atom stereocenters. The fourth-order valence-corrected chi connectivity index (χ4v) is 3.17. The van der Waals surface area contributed by atoms with E-state index >= 15 is 0 Å². The molecule has 0 saturated heterocycles. The van der Waals surface area contributed by atoms with E-state index in [1.165, 1.54) is 7.05 Å². The van der Waals surface area contributed by atoms with Gasteiger partial charge in [0.2, 0.25) is 10.0 Å². The van der Waals surface area contributed by atoms with Crippen LogP contribution in [0.3, 0.4) is 0 Å². The minimum Gasteiger partial charge on any atom is -0.391 e. The van der Waals surface area contributed by atoms with Gasteiger partial charge in [-0.1, -0.05) is 0 Å². The topological polar surface area (TPSA) is 66.4 Å². The summed E-state index contributed by atoms with van der Waals surface area (Å²) in [6.07, 6.45) is 0. The van der Waals surface area contributed by atoms with Gasteiger partial charge in [-0.3, -0.25) is 0 Å². The van der Waals surface area contributed by atoms with Crippen LogP contribution in [0.2, 0.25) is 0 Å². The molecular weight excluding hydrogens is 210 g/mol. The van der Waals surface area contributed by atoms with Crippen LogP contribution in [-0.2, 0) is 16.6 Å². The molecule has 0 radical (unpaired) electrons. The molecule has 0 aliphatic carbocycles. The van der Waals surface area contributed by atoms with E-state index in [1.54, 1.807) is 13.0 Å². The molecule has 0 bridgehead atoms. The quantitative estimate of drug-likeness (QED) is 0.779. The average Bonchev–Trinajstić information content (AvgIpc) is 2.47. The van der Waals surface area contributed by atoms with Crippen LogP contribution < -0.4 is 4.72 Å². The lowest BCUT2D eigenvalue weighted by molar-refractivity contribution is 0.285. The van der Waals surface area contributed by atoms with Crippen LogP contribution in [0.15, 0.2) is 10.3 Å². The molecule has 1 aromatic heterocycles. The Balaban J connectivity index is 3.19. The van der Waals surface area contributed by atoms with E-state index in [-0.39, 0.29) is 10.8 Å². The molecule has 1 aromatic rings. The molecule has 6 heteroatoms. The Morgan fingerprint density at radius 1 is 1.62 bits per heavy atom. The lowest BCUT2D eigenvalue weighted by atomic mass is 10.3. The maximum Gasteiger partial charge on any atom is 0.249 e. The first kappa shape index (κ1) is 10.6. The van der Waals surface area contributed by atoms with Crippen molar-refractivity contribution in [3.05, 3.63) is 16.5 Å². The standard InChI is InChI=1S/C7H11NO3S2/c1-5-3-7(12-6(5)4-9)13(10,11)8-2/h3,8-9H,4H2,1-2H3. The number of rotatable bonds is 3. The van der Waals surface area contributed by atoms with E-state index in [9.17, 15) is 8.42 Å². The number of hydrogen-bond donors (Lipinski definition) is 2. The number of sulfonamides is 1. The number of hydrogen-bond acceptors (Lipinski definition) is 4. The molecule has 0 saturated carbocycles. The SMILES string of the molecule is CNS(=O)(=O)c1cc(C)c(CO)s1. The van der Waals surface area contributed by atoms with Gasteiger partial charge in [-0.15, -0.1) is 11.3 Å². The highest BCUT2D eigenvalue weighted by Gasteiger charge is 2.16. The predicted molar refractivity (Wildman–Crippen MR) is 51.2 cm³/mol. The van der Waals surface area contributed by atoms with Crippen molar-refractivity contribution in [2.45, 2.75) is 17.7 Å². The van der Waals surface area contributed by atoms with Gasteiger partial charge < -0.3 is 5.11 Å². The third-order valence-electron chi connectivity index (χ3n) is 1.68. The van der Waals surface area contributed by atoms with Crippen LogP contribution in [0.25, 0.3) is 0 Å². The number of nitrogens with one attached hydrogen (secondary N) is 1. The summed E-state index contributed by atoms with van der Waals surface area (Å²) in [5.74, 6) is 0. The summed E-state index contributed by atoms with van der Waals surface area (Å²) < 4.78 is 25.1. The molecule has 0 amide bonds. The number of aliphatic hydroxyl groups is 1. The van der Waals surface area contributed by atoms with Crippen molar-refractivity contribution in [3.63, 3.8) is 0 Å². The Morgan fingerprint density at radius 3 is 2.62 bits per heavy atom. The largest absolute Gasteiger partial charge is 0.391 e. The maximum absolute atomic E-state index is 11.3. The summed E-state index contributed by atoms with van der Waals surface area (Å²) in [5.41, 5.74) is 0.807. The second-order valence-electron chi connectivity index (χ2n) is 2.54. The molecule has 1 heterocycles. The average molecular weight is 221 g/mol. The highest BCUT2D eigenvalue weighted by Crippen LogP contribution is 2.25. The molecule has 13 heavy (non-hydrogen) atoms. The van der Waals surface area contributed by atoms with Crippen molar-refractivity contribution in [3.8, 4) is 0 Å². The van der Waals surface area contributed by atoms with E-state index in [1.807, 2.05) is 0 Å². The first-order chi connectivity index (χ1) is 6.01. The first-order valence-electron chi connectivity index (χ1n) is 3.65. The zero-order chi connectivity index (χ0) is 10.1. The predicted octanol–water partition coefficient (Wildman–Crippen LogP) is 0.457. The monoisotopic (exact) mass is 221 g/mol. The molecule has 0 aliphatic heterocycles. The summed E-state index contributed by atoms with van der Waals surface area (Å²) in [4.78, 5) is 0.689. The Hall–Kier alpha value is -0.430. The zero-order valence-corrected chi connectivity index (χ0v) is 9.00. The van der Waals surface area contributed by atoms with Crippen LogP contribution in [0.4, 0.5) is 0 Å². The van der Waals surface area contributed by atoms with E-state index in [4.69, 9.17) is 5.11 Å². The Bertz CT molecular complexity index is 394. The van der Waals surface area contributed by atoms with E-state index in [0.29, 0.717) is 4.88 Å². The summed E-state index contributed by atoms with van der Waals surface area (Å²) in [6.45, 7) is 1.66.